The minimum Gasteiger partial charge on any atom is -0.550 e. The topological polar surface area (TPSA) is 80.3 Å². The average Bonchev–Trinajstić information content (AvgIpc) is 2.56. The molecule has 0 atom stereocenters. The second-order valence-electron chi connectivity index (χ2n) is 7.27. The molecule has 0 radical (unpaired) electrons. The van der Waals surface area contributed by atoms with Crippen LogP contribution in [0.25, 0.3) is 0 Å². The maximum Gasteiger partial charge on any atom is 1.00 e. The van der Waals surface area contributed by atoms with Crippen molar-refractivity contribution in [1.82, 2.24) is 0 Å². The van der Waals surface area contributed by atoms with E-state index in [-0.39, 0.29) is 122 Å². The van der Waals surface area contributed by atoms with Gasteiger partial charge in [-0.3, -0.25) is 0 Å². The van der Waals surface area contributed by atoms with E-state index < -0.39 is 18.4 Å². The van der Waals surface area contributed by atoms with E-state index in [4.69, 9.17) is 0 Å². The number of carboxylic acid groups (broad SMARTS) is 2. The first-order valence-electron chi connectivity index (χ1n) is 10.6. The van der Waals surface area contributed by atoms with Crippen LogP contribution in [0.4, 0.5) is 0 Å². The van der Waals surface area contributed by atoms with Crippen molar-refractivity contribution in [3.8, 4) is 0 Å². The van der Waals surface area contributed by atoms with Crippen LogP contribution in [-0.2, 0) is 9.59 Å². The van der Waals surface area contributed by atoms with Crippen molar-refractivity contribution < 1.29 is 141 Å². The van der Waals surface area contributed by atoms with Crippen molar-refractivity contribution in [2.75, 3.05) is 0 Å². The average molecular weight is 455 g/mol. The third kappa shape index (κ3) is 45.1. The van der Waals surface area contributed by atoms with E-state index >= 15 is 0 Å². The van der Waals surface area contributed by atoms with Crippen molar-refractivity contribution in [1.29, 1.82) is 0 Å². The van der Waals surface area contributed by atoms with E-state index in [1.807, 2.05) is 0 Å². The first-order chi connectivity index (χ1) is 12.4. The van der Waals surface area contributed by atoms with Gasteiger partial charge in [0.15, 0.2) is 0 Å². The Bertz CT molecular complexity index is 320. The number of hydrogen-bond acceptors (Lipinski definition) is 4. The largest absolute Gasteiger partial charge is 1.00 e. The molecule has 29 heavy (non-hydrogen) atoms. The van der Waals surface area contributed by atoms with Gasteiger partial charge < -0.3 is 25.7 Å². The molecule has 0 bridgehead atoms. The molecule has 0 aliphatic rings. The number of rotatable bonds is 17. The van der Waals surface area contributed by atoms with E-state index in [0.717, 1.165) is 0 Å². The molecule has 0 saturated heterocycles. The van der Waals surface area contributed by atoms with Gasteiger partial charge >= 0.3 is 122 Å². The maximum atomic E-state index is 9.28. The zero-order valence-corrected chi connectivity index (χ0v) is 26.7. The van der Waals surface area contributed by atoms with Crippen molar-refractivity contribution in [3.05, 3.63) is 5.92 Å². The Kier molecular flexibility index (Phi) is 51.3. The van der Waals surface area contributed by atoms with Crippen molar-refractivity contribution >= 4 is 11.9 Å². The summed E-state index contributed by atoms with van der Waals surface area (Å²) in [4.78, 5) is 18.6. The van der Waals surface area contributed by atoms with Crippen LogP contribution in [0.1, 0.15) is 124 Å². The number of hydrogen-bond donors (Lipinski definition) is 0. The number of aliphatic carboxylic acids is 2. The summed E-state index contributed by atoms with van der Waals surface area (Å²) >= 11 is 0. The fourth-order valence-corrected chi connectivity index (χ4v) is 2.83. The van der Waals surface area contributed by atoms with Gasteiger partial charge in [0.1, 0.15) is 0 Å². The molecule has 0 aromatic carbocycles. The molecule has 156 valence electrons. The van der Waals surface area contributed by atoms with Gasteiger partial charge in [-0.2, -0.15) is 19.8 Å². The fraction of sp³-hybridized carbons (Fsp3) is 0.864. The van der Waals surface area contributed by atoms with Crippen LogP contribution in [0.3, 0.4) is 0 Å². The number of carbonyl (C=O) groups excluding carboxylic acids is 2. The van der Waals surface area contributed by atoms with Gasteiger partial charge in [-0.25, -0.2) is 0 Å². The first kappa shape index (κ1) is 42.0. The Morgan fingerprint density at radius 1 is 0.621 bits per heavy atom. The summed E-state index contributed by atoms with van der Waals surface area (Å²) in [6, 6.07) is 0. The monoisotopic (exact) mass is 454 g/mol. The molecule has 0 heterocycles. The van der Waals surface area contributed by atoms with Crippen LogP contribution in [0.5, 0.6) is 0 Å². The molecular weight excluding hydrogens is 413 g/mol. The van der Waals surface area contributed by atoms with Crippen LogP contribution in [0.15, 0.2) is 0 Å². The van der Waals surface area contributed by atoms with Crippen LogP contribution < -0.4 is 132 Å². The van der Waals surface area contributed by atoms with Crippen LogP contribution in [-0.4, -0.2) is 11.9 Å². The molecule has 0 aliphatic carbocycles. The molecule has 0 spiro atoms. The quantitative estimate of drug-likeness (QED) is 0.0958. The Balaban J connectivity index is -0.000000166. The van der Waals surface area contributed by atoms with Gasteiger partial charge in [0.25, 0.3) is 0 Å². The van der Waals surface area contributed by atoms with E-state index in [1.54, 1.807) is 5.92 Å². The van der Waals surface area contributed by atoms with Crippen molar-refractivity contribution in [3.63, 3.8) is 0 Å². The molecule has 0 aliphatic heterocycles. The minimum absolute atomic E-state index is 0. The van der Waals surface area contributed by atoms with E-state index in [0.29, 0.717) is 0 Å². The molecule has 4 nitrogen and oxygen atoms in total. The number of carbonyl (C=O) groups is 2. The summed E-state index contributed by atoms with van der Waals surface area (Å²) in [5.74, 6) is -1.51. The molecule has 7 heteroatoms. The Morgan fingerprint density at radius 3 is 1.21 bits per heavy atom. The van der Waals surface area contributed by atoms with Crippen LogP contribution in [0, 0.1) is 5.92 Å². The number of unbranched alkanes of at least 4 members (excludes halogenated alkanes) is 11. The van der Waals surface area contributed by atoms with Crippen molar-refractivity contribution in [2.45, 2.75) is 124 Å². The summed E-state index contributed by atoms with van der Waals surface area (Å²) in [6.07, 6.45) is 20.4. The Labute approximate surface area is 277 Å². The minimum atomic E-state index is -1.63. The molecular formula is C22H41K2LiO4. The molecule has 0 aromatic rings. The molecule has 0 N–H and O–H groups in total. The molecule has 0 unspecified atom stereocenters. The summed E-state index contributed by atoms with van der Waals surface area (Å²) in [7, 11) is 0. The van der Waals surface area contributed by atoms with Gasteiger partial charge in [0.2, 0.25) is 0 Å². The maximum absolute atomic E-state index is 9.28. The fourth-order valence-electron chi connectivity index (χ4n) is 2.83. The molecule has 0 saturated carbocycles. The summed E-state index contributed by atoms with van der Waals surface area (Å²) in [6.45, 7) is 6.95. The van der Waals surface area contributed by atoms with E-state index in [1.165, 1.54) is 96.3 Å². The third-order valence-corrected chi connectivity index (χ3v) is 4.45. The normalized spacial score (nSPS) is 9.38. The predicted molar refractivity (Wildman–Crippen MR) is 104 cm³/mol. The molecule has 0 rings (SSSR count). The van der Waals surface area contributed by atoms with Gasteiger partial charge in [0, 0.05) is 18.4 Å². The molecule has 0 fully saturated rings. The van der Waals surface area contributed by atoms with Gasteiger partial charge in [-0.1, -0.05) is 97.3 Å². The van der Waals surface area contributed by atoms with E-state index in [9.17, 15) is 19.8 Å². The van der Waals surface area contributed by atoms with Gasteiger partial charge in [-0.05, 0) is 0 Å². The molecule has 0 amide bonds. The predicted octanol–water partition coefficient (Wildman–Crippen LogP) is -4.64. The third-order valence-electron chi connectivity index (χ3n) is 4.45. The smallest absolute Gasteiger partial charge is 0.550 e. The molecule has 0 aromatic heterocycles. The summed E-state index contributed by atoms with van der Waals surface area (Å²) < 4.78 is 0. The van der Waals surface area contributed by atoms with Crippen LogP contribution >= 0.6 is 0 Å². The number of carboxylic acids is 2. The second-order valence-corrected chi connectivity index (χ2v) is 7.27. The van der Waals surface area contributed by atoms with Gasteiger partial charge in [0.05, 0.1) is 0 Å². The standard InChI is InChI=1S/C19H39.C3H4O4.2K.Li/c1-4-6-8-9-10-11-12-13-14-16-18-19(3)17-15-7-5-2;4-2(5)1-3(6)7;;;/h4-18H2,1-3H3;1H2,(H,4,5)(H,6,7);;;/q-1;;3*+1/p-2. The van der Waals surface area contributed by atoms with E-state index in [2.05, 4.69) is 20.8 Å². The zero-order chi connectivity index (χ0) is 20.0. The summed E-state index contributed by atoms with van der Waals surface area (Å²) in [5.41, 5.74) is 0. The Morgan fingerprint density at radius 2 is 0.897 bits per heavy atom. The van der Waals surface area contributed by atoms with Crippen LogP contribution in [0.2, 0.25) is 0 Å². The first-order valence-corrected chi connectivity index (χ1v) is 10.6. The Hall–Kier alpha value is 2.81. The van der Waals surface area contributed by atoms with Gasteiger partial charge in [-0.15, -0.1) is 0 Å². The van der Waals surface area contributed by atoms with Crippen molar-refractivity contribution in [2.24, 2.45) is 0 Å². The second kappa shape index (κ2) is 35.4. The SMILES string of the molecule is CCCCCCCCCCCC[C-](C)CCCCC.O=C([O-])CC(=O)[O-].[K+].[K+].[Li+]. The zero-order valence-electron chi connectivity index (χ0n) is 20.4. The summed E-state index contributed by atoms with van der Waals surface area (Å²) in [5, 5.41) is 18.6.